The van der Waals surface area contributed by atoms with E-state index in [0.717, 1.165) is 42.2 Å². The van der Waals surface area contributed by atoms with Crippen LogP contribution in [0.15, 0.2) is 24.3 Å². The van der Waals surface area contributed by atoms with Crippen molar-refractivity contribution in [3.8, 4) is 10.6 Å². The monoisotopic (exact) mass is 407 g/mol. The first-order chi connectivity index (χ1) is 10.6. The predicted molar refractivity (Wildman–Crippen MR) is 105 cm³/mol. The molecule has 1 aromatic heterocycles. The van der Waals surface area contributed by atoms with Gasteiger partial charge in [-0.15, -0.1) is 36.2 Å². The van der Waals surface area contributed by atoms with Crippen LogP contribution in [-0.2, 0) is 0 Å². The van der Waals surface area contributed by atoms with Crippen LogP contribution in [0.5, 0.6) is 0 Å². The molecule has 0 saturated carbocycles. The smallest absolute Gasteiger partial charge is 0.263 e. The number of thiazole rings is 1. The summed E-state index contributed by atoms with van der Waals surface area (Å²) in [5.41, 5.74) is 1.76. The Labute approximate surface area is 163 Å². The van der Waals surface area contributed by atoms with E-state index in [9.17, 15) is 4.79 Å². The summed E-state index contributed by atoms with van der Waals surface area (Å²) < 4.78 is 0. The van der Waals surface area contributed by atoms with Gasteiger partial charge in [-0.05, 0) is 38.4 Å². The van der Waals surface area contributed by atoms with E-state index in [1.807, 2.05) is 31.2 Å². The maximum atomic E-state index is 12.4. The van der Waals surface area contributed by atoms with E-state index >= 15 is 0 Å². The van der Waals surface area contributed by atoms with Gasteiger partial charge in [0.2, 0.25) is 0 Å². The molecular formula is C16H20Cl3N3OS. The standard InChI is InChI=1S/C16H18ClN3OS.2ClH/c1-10-14(15(21)20-13-3-2-8-18-9-13)22-16(19-10)11-4-6-12(17)7-5-11;;/h4-7,13,18H,2-3,8-9H2,1H3,(H,20,21);2*1H. The van der Waals surface area contributed by atoms with E-state index in [4.69, 9.17) is 11.6 Å². The van der Waals surface area contributed by atoms with Crippen LogP contribution >= 0.6 is 47.8 Å². The molecule has 1 saturated heterocycles. The first-order valence-electron chi connectivity index (χ1n) is 7.38. The third kappa shape index (κ3) is 5.07. The molecule has 1 atom stereocenters. The van der Waals surface area contributed by atoms with Crippen molar-refractivity contribution in [1.82, 2.24) is 15.6 Å². The molecule has 1 aromatic carbocycles. The molecule has 1 unspecified atom stereocenters. The van der Waals surface area contributed by atoms with Crippen LogP contribution in [0.25, 0.3) is 10.6 Å². The Kier molecular flexibility index (Phi) is 8.46. The summed E-state index contributed by atoms with van der Waals surface area (Å²) in [5, 5.41) is 7.94. The molecular weight excluding hydrogens is 389 g/mol. The van der Waals surface area contributed by atoms with Crippen molar-refractivity contribution in [1.29, 1.82) is 0 Å². The van der Waals surface area contributed by atoms with Gasteiger partial charge in [-0.25, -0.2) is 4.98 Å². The van der Waals surface area contributed by atoms with Gasteiger partial charge >= 0.3 is 0 Å². The van der Waals surface area contributed by atoms with Crippen LogP contribution in [0.1, 0.15) is 28.2 Å². The minimum Gasteiger partial charge on any atom is -0.347 e. The van der Waals surface area contributed by atoms with E-state index in [0.29, 0.717) is 9.90 Å². The summed E-state index contributed by atoms with van der Waals surface area (Å²) >= 11 is 7.34. The van der Waals surface area contributed by atoms with E-state index in [-0.39, 0.29) is 36.8 Å². The normalized spacial score (nSPS) is 16.7. The lowest BCUT2D eigenvalue weighted by atomic mass is 10.1. The Morgan fingerprint density at radius 2 is 2.04 bits per heavy atom. The molecule has 1 fully saturated rings. The molecule has 1 aliphatic heterocycles. The average Bonchev–Trinajstić information content (AvgIpc) is 2.91. The fourth-order valence-corrected chi connectivity index (χ4v) is 3.65. The molecule has 4 nitrogen and oxygen atoms in total. The maximum Gasteiger partial charge on any atom is 0.263 e. The van der Waals surface area contributed by atoms with Gasteiger partial charge in [-0.1, -0.05) is 23.7 Å². The number of carbonyl (C=O) groups excluding carboxylic acids is 1. The number of hydrogen-bond acceptors (Lipinski definition) is 4. The molecule has 0 spiro atoms. The second-order valence-electron chi connectivity index (χ2n) is 5.46. The van der Waals surface area contributed by atoms with Crippen LogP contribution in [-0.4, -0.2) is 30.0 Å². The highest BCUT2D eigenvalue weighted by Gasteiger charge is 2.20. The Morgan fingerprint density at radius 1 is 1.33 bits per heavy atom. The largest absolute Gasteiger partial charge is 0.347 e. The van der Waals surface area contributed by atoms with Crippen molar-refractivity contribution < 1.29 is 4.79 Å². The Morgan fingerprint density at radius 3 is 2.67 bits per heavy atom. The van der Waals surface area contributed by atoms with Gasteiger partial charge < -0.3 is 10.6 Å². The quantitative estimate of drug-likeness (QED) is 0.804. The highest BCUT2D eigenvalue weighted by Crippen LogP contribution is 2.28. The van der Waals surface area contributed by atoms with Gasteiger partial charge in [-0.3, -0.25) is 4.79 Å². The molecule has 0 bridgehead atoms. The Balaban J connectivity index is 0.00000144. The van der Waals surface area contributed by atoms with Crippen molar-refractivity contribution in [3.05, 3.63) is 39.9 Å². The minimum absolute atomic E-state index is 0. The number of carbonyl (C=O) groups is 1. The number of benzene rings is 1. The molecule has 2 N–H and O–H groups in total. The third-order valence-electron chi connectivity index (χ3n) is 3.73. The van der Waals surface area contributed by atoms with E-state index in [1.165, 1.54) is 11.3 Å². The highest BCUT2D eigenvalue weighted by atomic mass is 35.5. The summed E-state index contributed by atoms with van der Waals surface area (Å²) in [5.74, 6) is -0.0242. The lowest BCUT2D eigenvalue weighted by molar-refractivity contribution is 0.0934. The zero-order valence-electron chi connectivity index (χ0n) is 13.2. The van der Waals surface area contributed by atoms with Crippen molar-refractivity contribution in [2.45, 2.75) is 25.8 Å². The number of aryl methyl sites for hydroxylation is 1. The third-order valence-corrected chi connectivity index (χ3v) is 5.18. The number of piperidine rings is 1. The van der Waals surface area contributed by atoms with Gasteiger partial charge in [-0.2, -0.15) is 0 Å². The second kappa shape index (κ2) is 9.59. The fraction of sp³-hybridized carbons (Fsp3) is 0.375. The molecule has 132 valence electrons. The molecule has 8 heteroatoms. The van der Waals surface area contributed by atoms with Crippen LogP contribution in [0, 0.1) is 6.92 Å². The van der Waals surface area contributed by atoms with Crippen LogP contribution in [0.3, 0.4) is 0 Å². The summed E-state index contributed by atoms with van der Waals surface area (Å²) in [6.07, 6.45) is 2.13. The Bertz CT molecular complexity index is 670. The van der Waals surface area contributed by atoms with Crippen molar-refractivity contribution in [2.24, 2.45) is 0 Å². The zero-order chi connectivity index (χ0) is 15.5. The maximum absolute atomic E-state index is 12.4. The number of halogens is 3. The number of hydrogen-bond donors (Lipinski definition) is 2. The fourth-order valence-electron chi connectivity index (χ4n) is 2.55. The summed E-state index contributed by atoms with van der Waals surface area (Å²) in [6.45, 7) is 3.75. The van der Waals surface area contributed by atoms with E-state index in [1.54, 1.807) is 0 Å². The topological polar surface area (TPSA) is 54.0 Å². The summed E-state index contributed by atoms with van der Waals surface area (Å²) in [6, 6.07) is 7.73. The average molecular weight is 409 g/mol. The molecule has 2 aromatic rings. The molecule has 0 aliphatic carbocycles. The van der Waals surface area contributed by atoms with Gasteiger partial charge in [0.05, 0.1) is 5.69 Å². The highest BCUT2D eigenvalue weighted by molar-refractivity contribution is 7.17. The number of nitrogens with one attached hydrogen (secondary N) is 2. The molecule has 3 rings (SSSR count). The van der Waals surface area contributed by atoms with E-state index in [2.05, 4.69) is 15.6 Å². The summed E-state index contributed by atoms with van der Waals surface area (Å²) in [4.78, 5) is 17.7. The van der Waals surface area contributed by atoms with Crippen molar-refractivity contribution in [2.75, 3.05) is 13.1 Å². The zero-order valence-corrected chi connectivity index (χ0v) is 16.4. The lowest BCUT2D eigenvalue weighted by Crippen LogP contribution is -2.45. The number of amides is 1. The van der Waals surface area contributed by atoms with Crippen LogP contribution in [0.2, 0.25) is 5.02 Å². The Hall–Kier alpha value is -0.850. The summed E-state index contributed by atoms with van der Waals surface area (Å²) in [7, 11) is 0. The molecule has 24 heavy (non-hydrogen) atoms. The van der Waals surface area contributed by atoms with Gasteiger partial charge in [0.25, 0.3) is 5.91 Å². The molecule has 1 aliphatic rings. The van der Waals surface area contributed by atoms with Crippen LogP contribution in [0.4, 0.5) is 0 Å². The molecule has 1 amide bonds. The minimum atomic E-state index is -0.0242. The SMILES string of the molecule is Cc1nc(-c2ccc(Cl)cc2)sc1C(=O)NC1CCCNC1.Cl.Cl. The number of nitrogens with zero attached hydrogens (tertiary/aromatic N) is 1. The van der Waals surface area contributed by atoms with Gasteiger partial charge in [0, 0.05) is 23.2 Å². The van der Waals surface area contributed by atoms with Crippen molar-refractivity contribution in [3.63, 3.8) is 0 Å². The number of aromatic nitrogens is 1. The first kappa shape index (κ1) is 21.2. The van der Waals surface area contributed by atoms with Crippen molar-refractivity contribution >= 4 is 53.7 Å². The second-order valence-corrected chi connectivity index (χ2v) is 6.89. The molecule has 2 heterocycles. The van der Waals surface area contributed by atoms with Gasteiger partial charge in [0.15, 0.2) is 0 Å². The van der Waals surface area contributed by atoms with E-state index < -0.39 is 0 Å². The number of rotatable bonds is 3. The molecule has 0 radical (unpaired) electrons. The van der Waals surface area contributed by atoms with Gasteiger partial charge in [0.1, 0.15) is 9.88 Å². The first-order valence-corrected chi connectivity index (χ1v) is 8.58. The predicted octanol–water partition coefficient (Wildman–Crippen LogP) is 4.10. The van der Waals surface area contributed by atoms with Crippen LogP contribution < -0.4 is 10.6 Å². The lowest BCUT2D eigenvalue weighted by Gasteiger charge is -2.23.